The van der Waals surface area contributed by atoms with Crippen LogP contribution in [-0.2, 0) is 55.3 Å². The van der Waals surface area contributed by atoms with E-state index >= 15 is 0 Å². The summed E-state index contributed by atoms with van der Waals surface area (Å²) in [4.78, 5) is 17.1. The van der Waals surface area contributed by atoms with Crippen LogP contribution in [0.5, 0.6) is 5.88 Å². The normalized spacial score (nSPS) is 15.5. The molecule has 2 aromatic carbocycles. The highest BCUT2D eigenvalue weighted by Crippen LogP contribution is 2.38. The Morgan fingerprint density at radius 3 is 1.64 bits per heavy atom. The SMILES string of the molecule is Cc1cc(C(F)(F)F)cc2c1cc(Cc1c(Cl)cn(CC3CCOCC3)c(=O)c1Cl)n2C.Cc1cc(C(F)(F)F)cc2c1cc(Cc1c(Cl)cnc(OCC3CCOCC3)c1Cl)n2C. The van der Waals surface area contributed by atoms with Gasteiger partial charge in [-0.1, -0.05) is 46.4 Å². The van der Waals surface area contributed by atoms with Gasteiger partial charge in [0.05, 0.1) is 27.8 Å². The zero-order valence-electron chi connectivity index (χ0n) is 35.5. The van der Waals surface area contributed by atoms with Crippen LogP contribution in [0.2, 0.25) is 20.1 Å². The van der Waals surface area contributed by atoms with E-state index in [0.29, 0.717) is 105 Å². The Labute approximate surface area is 385 Å². The summed E-state index contributed by atoms with van der Waals surface area (Å²) >= 11 is 25.9. The van der Waals surface area contributed by atoms with Crippen LogP contribution < -0.4 is 10.3 Å². The molecular weight excluding hydrogens is 928 g/mol. The Kier molecular flexibility index (Phi) is 14.6. The van der Waals surface area contributed by atoms with Crippen molar-refractivity contribution in [1.82, 2.24) is 18.7 Å². The van der Waals surface area contributed by atoms with Gasteiger partial charge in [-0.3, -0.25) is 4.79 Å². The van der Waals surface area contributed by atoms with E-state index in [2.05, 4.69) is 4.98 Å². The first kappa shape index (κ1) is 48.0. The summed E-state index contributed by atoms with van der Waals surface area (Å²) in [5.41, 5.74) is 2.99. The Morgan fingerprint density at radius 1 is 0.688 bits per heavy atom. The second-order valence-corrected chi connectivity index (χ2v) is 18.1. The molecule has 0 saturated carbocycles. The van der Waals surface area contributed by atoms with Gasteiger partial charge < -0.3 is 27.9 Å². The Bertz CT molecular complexity index is 2730. The molecule has 2 aliphatic rings. The van der Waals surface area contributed by atoms with E-state index in [4.69, 9.17) is 60.6 Å². The average molecular weight is 975 g/mol. The van der Waals surface area contributed by atoms with Crippen molar-refractivity contribution in [2.24, 2.45) is 25.9 Å². The molecule has 0 spiro atoms. The predicted octanol–water partition coefficient (Wildman–Crippen LogP) is 12.6. The second kappa shape index (κ2) is 19.5. The number of fused-ring (bicyclic) bond motifs is 2. The predicted molar refractivity (Wildman–Crippen MR) is 238 cm³/mol. The van der Waals surface area contributed by atoms with Gasteiger partial charge in [0.25, 0.3) is 5.56 Å². The van der Waals surface area contributed by atoms with Crippen molar-refractivity contribution in [2.45, 2.75) is 71.3 Å². The first-order valence-corrected chi connectivity index (χ1v) is 22.2. The van der Waals surface area contributed by atoms with Gasteiger partial charge in [-0.05, 0) is 98.9 Å². The van der Waals surface area contributed by atoms with Crippen LogP contribution in [0.1, 0.15) is 70.5 Å². The maximum absolute atomic E-state index is 13.3. The number of nitrogens with zero attached hydrogens (tertiary/aromatic N) is 4. The molecule has 0 aliphatic carbocycles. The lowest BCUT2D eigenvalue weighted by atomic mass is 10.0. The van der Waals surface area contributed by atoms with Crippen LogP contribution in [0.15, 0.2) is 53.6 Å². The monoisotopic (exact) mass is 972 g/mol. The standard InChI is InChI=1S/2C23H23Cl2F3N2O2/c1-13-7-15(23(26,27)28)8-20-17(13)9-16(30(20)2)10-18-19(24)11-29-22(21(18)25)32-12-14-3-5-31-6-4-14;1-13-7-15(23(26,27)28)8-20-17(13)9-16(29(20)2)10-18-19(24)12-30(22(31)21(18)25)11-14-3-5-32-6-4-14/h7-9,11,14H,3-6,10,12H2,1-2H3;7-9,12,14H,3-6,10-11H2,1-2H3. The summed E-state index contributed by atoms with van der Waals surface area (Å²) < 4.78 is 101. The van der Waals surface area contributed by atoms with Gasteiger partial charge in [0.2, 0.25) is 5.88 Å². The molecule has 344 valence electrons. The molecule has 4 aromatic heterocycles. The highest BCUT2D eigenvalue weighted by molar-refractivity contribution is 6.37. The molecule has 0 N–H and O–H groups in total. The average Bonchev–Trinajstić information content (AvgIpc) is 3.75. The quantitative estimate of drug-likeness (QED) is 0.135. The molecule has 8 rings (SSSR count). The molecule has 6 heterocycles. The van der Waals surface area contributed by atoms with E-state index < -0.39 is 23.5 Å². The fourth-order valence-electron chi connectivity index (χ4n) is 8.35. The third-order valence-corrected chi connectivity index (χ3v) is 13.6. The van der Waals surface area contributed by atoms with Crippen LogP contribution in [0, 0.1) is 25.7 Å². The largest absolute Gasteiger partial charge is 0.476 e. The molecule has 0 bridgehead atoms. The van der Waals surface area contributed by atoms with Crippen LogP contribution in [0.3, 0.4) is 0 Å². The summed E-state index contributed by atoms with van der Waals surface area (Å²) in [6, 6.07) is 8.32. The second-order valence-electron chi connectivity index (χ2n) is 16.5. The zero-order valence-corrected chi connectivity index (χ0v) is 38.5. The van der Waals surface area contributed by atoms with Gasteiger partial charge in [-0.15, -0.1) is 0 Å². The van der Waals surface area contributed by atoms with E-state index in [1.165, 1.54) is 18.3 Å². The molecule has 6 aromatic rings. The van der Waals surface area contributed by atoms with E-state index in [1.54, 1.807) is 47.8 Å². The fourth-order valence-corrected chi connectivity index (χ4v) is 9.48. The maximum atomic E-state index is 13.3. The third-order valence-electron chi connectivity index (χ3n) is 12.2. The van der Waals surface area contributed by atoms with Crippen molar-refractivity contribution in [1.29, 1.82) is 0 Å². The summed E-state index contributed by atoms with van der Waals surface area (Å²) in [5, 5.41) is 2.58. The molecule has 2 saturated heterocycles. The minimum Gasteiger partial charge on any atom is -0.476 e. The van der Waals surface area contributed by atoms with Crippen molar-refractivity contribution >= 4 is 68.2 Å². The van der Waals surface area contributed by atoms with E-state index in [1.807, 2.05) is 12.1 Å². The van der Waals surface area contributed by atoms with Gasteiger partial charge >= 0.3 is 12.4 Å². The molecule has 0 unspecified atom stereocenters. The first-order chi connectivity index (χ1) is 30.2. The summed E-state index contributed by atoms with van der Waals surface area (Å²) in [7, 11) is 3.44. The number of pyridine rings is 2. The first-order valence-electron chi connectivity index (χ1n) is 20.7. The lowest BCUT2D eigenvalue weighted by Gasteiger charge is -2.23. The minimum absolute atomic E-state index is 0.0440. The number of alkyl halides is 6. The van der Waals surface area contributed by atoms with Crippen LogP contribution >= 0.6 is 46.4 Å². The van der Waals surface area contributed by atoms with Gasteiger partial charge in [-0.2, -0.15) is 26.3 Å². The number of rotatable bonds is 9. The number of hydrogen-bond donors (Lipinski definition) is 0. The van der Waals surface area contributed by atoms with Gasteiger partial charge in [0.15, 0.2) is 0 Å². The topological polar surface area (TPSA) is 72.4 Å². The highest BCUT2D eigenvalue weighted by Gasteiger charge is 2.33. The van der Waals surface area contributed by atoms with Crippen LogP contribution in [0.4, 0.5) is 26.3 Å². The minimum atomic E-state index is -4.43. The Morgan fingerprint density at radius 2 is 1.16 bits per heavy atom. The summed E-state index contributed by atoms with van der Waals surface area (Å²) in [6.45, 7) is 7.13. The van der Waals surface area contributed by atoms with Crippen LogP contribution in [0.25, 0.3) is 21.8 Å². The van der Waals surface area contributed by atoms with Crippen molar-refractivity contribution in [2.75, 3.05) is 33.0 Å². The van der Waals surface area contributed by atoms with Crippen LogP contribution in [-0.4, -0.2) is 51.7 Å². The lowest BCUT2D eigenvalue weighted by molar-refractivity contribution is -0.138. The Balaban J connectivity index is 0.000000191. The number of aromatic nitrogens is 4. The third kappa shape index (κ3) is 10.5. The lowest BCUT2D eigenvalue weighted by Crippen LogP contribution is -2.28. The van der Waals surface area contributed by atoms with Gasteiger partial charge in [-0.25, -0.2) is 4.98 Å². The smallest absolute Gasteiger partial charge is 0.416 e. The van der Waals surface area contributed by atoms with E-state index in [-0.39, 0.29) is 17.0 Å². The number of hydrogen-bond acceptors (Lipinski definition) is 5. The zero-order chi connectivity index (χ0) is 46.2. The molecular formula is C46H46Cl4F6N4O4. The Hall–Kier alpha value is -3.92. The maximum Gasteiger partial charge on any atom is 0.416 e. The molecule has 0 radical (unpaired) electrons. The number of benzene rings is 2. The molecule has 2 fully saturated rings. The molecule has 2 aliphatic heterocycles. The number of aryl methyl sites for hydroxylation is 4. The molecule has 0 atom stereocenters. The van der Waals surface area contributed by atoms with Crippen molar-refractivity contribution < 1.29 is 40.6 Å². The molecule has 64 heavy (non-hydrogen) atoms. The molecule has 8 nitrogen and oxygen atoms in total. The molecule has 0 amide bonds. The van der Waals surface area contributed by atoms with Crippen molar-refractivity contribution in [3.8, 4) is 5.88 Å². The van der Waals surface area contributed by atoms with E-state index in [0.717, 1.165) is 67.5 Å². The van der Waals surface area contributed by atoms with Gasteiger partial charge in [0, 0.05) is 117 Å². The van der Waals surface area contributed by atoms with Crippen molar-refractivity contribution in [3.05, 3.63) is 124 Å². The van der Waals surface area contributed by atoms with Gasteiger partial charge in [0.1, 0.15) is 10.0 Å². The van der Waals surface area contributed by atoms with E-state index in [9.17, 15) is 31.1 Å². The number of halogens is 10. The summed E-state index contributed by atoms with van der Waals surface area (Å²) in [5.74, 6) is 1.01. The number of ether oxygens (including phenoxy) is 3. The fraction of sp³-hybridized carbons (Fsp3) is 0.435. The van der Waals surface area contributed by atoms with Crippen molar-refractivity contribution in [3.63, 3.8) is 0 Å². The molecule has 18 heteroatoms. The highest BCUT2D eigenvalue weighted by atomic mass is 35.5. The summed E-state index contributed by atoms with van der Waals surface area (Å²) in [6.07, 6.45) is -1.56.